The van der Waals surface area contributed by atoms with E-state index in [9.17, 15) is 4.79 Å². The SMILES string of the molecule is CCCCCCCCCCCC(=O)N[C@H](C)Cc1ccccc1. The Balaban J connectivity index is 1.97. The topological polar surface area (TPSA) is 29.1 Å². The molecule has 1 aromatic rings. The van der Waals surface area contributed by atoms with Gasteiger partial charge >= 0.3 is 0 Å². The van der Waals surface area contributed by atoms with E-state index in [1.54, 1.807) is 0 Å². The third-order valence-corrected chi connectivity index (χ3v) is 4.30. The van der Waals surface area contributed by atoms with Gasteiger partial charge in [0.2, 0.25) is 5.91 Å². The van der Waals surface area contributed by atoms with Crippen LogP contribution in [0.1, 0.15) is 83.6 Å². The van der Waals surface area contributed by atoms with Crippen LogP contribution < -0.4 is 5.32 Å². The van der Waals surface area contributed by atoms with Gasteiger partial charge in [-0.3, -0.25) is 4.79 Å². The zero-order valence-electron chi connectivity index (χ0n) is 15.2. The standard InChI is InChI=1S/C21H35NO/c1-3-4-5-6-7-8-9-10-14-17-21(23)22-19(2)18-20-15-12-11-13-16-20/h11-13,15-16,19H,3-10,14,17-18H2,1-2H3,(H,22,23)/t19-/m1/s1. The van der Waals surface area contributed by atoms with E-state index in [4.69, 9.17) is 0 Å². The summed E-state index contributed by atoms with van der Waals surface area (Å²) in [6, 6.07) is 10.6. The largest absolute Gasteiger partial charge is 0.353 e. The maximum absolute atomic E-state index is 11.9. The van der Waals surface area contributed by atoms with E-state index in [0.29, 0.717) is 6.42 Å². The smallest absolute Gasteiger partial charge is 0.220 e. The van der Waals surface area contributed by atoms with E-state index in [-0.39, 0.29) is 11.9 Å². The first kappa shape index (κ1) is 19.7. The quantitative estimate of drug-likeness (QED) is 0.468. The highest BCUT2D eigenvalue weighted by atomic mass is 16.1. The number of nitrogens with one attached hydrogen (secondary N) is 1. The Bertz CT molecular complexity index is 402. The predicted molar refractivity (Wildman–Crippen MR) is 99.6 cm³/mol. The van der Waals surface area contributed by atoms with Crippen molar-refractivity contribution in [3.63, 3.8) is 0 Å². The van der Waals surface area contributed by atoms with Gasteiger partial charge in [0.15, 0.2) is 0 Å². The average molecular weight is 318 g/mol. The number of hydrogen-bond donors (Lipinski definition) is 1. The molecule has 23 heavy (non-hydrogen) atoms. The fourth-order valence-electron chi connectivity index (χ4n) is 2.96. The summed E-state index contributed by atoms with van der Waals surface area (Å²) in [6.45, 7) is 4.34. The second kappa shape index (κ2) is 13.2. The lowest BCUT2D eigenvalue weighted by molar-refractivity contribution is -0.121. The highest BCUT2D eigenvalue weighted by molar-refractivity contribution is 5.76. The maximum Gasteiger partial charge on any atom is 0.220 e. The lowest BCUT2D eigenvalue weighted by atomic mass is 10.1. The van der Waals surface area contributed by atoms with Gasteiger partial charge in [-0.25, -0.2) is 0 Å². The lowest BCUT2D eigenvalue weighted by Gasteiger charge is -2.14. The molecule has 0 aliphatic heterocycles. The number of unbranched alkanes of at least 4 members (excludes halogenated alkanes) is 8. The molecule has 1 amide bonds. The van der Waals surface area contributed by atoms with Crippen LogP contribution in [0.4, 0.5) is 0 Å². The molecule has 1 aromatic carbocycles. The predicted octanol–water partition coefficient (Wildman–Crippen LogP) is 5.65. The van der Waals surface area contributed by atoms with Crippen LogP contribution in [-0.4, -0.2) is 11.9 Å². The molecule has 0 aliphatic carbocycles. The van der Waals surface area contributed by atoms with Crippen LogP contribution in [0.15, 0.2) is 30.3 Å². The van der Waals surface area contributed by atoms with Crippen LogP contribution in [0.2, 0.25) is 0 Å². The minimum atomic E-state index is 0.205. The van der Waals surface area contributed by atoms with Crippen LogP contribution in [0.5, 0.6) is 0 Å². The van der Waals surface area contributed by atoms with Gasteiger partial charge in [0.25, 0.3) is 0 Å². The highest BCUT2D eigenvalue weighted by Crippen LogP contribution is 2.10. The van der Waals surface area contributed by atoms with Crippen LogP contribution in [0, 0.1) is 0 Å². The lowest BCUT2D eigenvalue weighted by Crippen LogP contribution is -2.33. The summed E-state index contributed by atoms with van der Waals surface area (Å²) in [4.78, 5) is 11.9. The average Bonchev–Trinajstić information content (AvgIpc) is 2.54. The first-order valence-electron chi connectivity index (χ1n) is 9.55. The summed E-state index contributed by atoms with van der Waals surface area (Å²) in [5.41, 5.74) is 1.28. The summed E-state index contributed by atoms with van der Waals surface area (Å²) in [7, 11) is 0. The molecule has 1 N–H and O–H groups in total. The van der Waals surface area contributed by atoms with E-state index in [0.717, 1.165) is 12.8 Å². The third kappa shape index (κ3) is 11.0. The van der Waals surface area contributed by atoms with Crippen molar-refractivity contribution in [3.8, 4) is 0 Å². The van der Waals surface area contributed by atoms with Crippen LogP contribution in [0.3, 0.4) is 0 Å². The molecular weight excluding hydrogens is 282 g/mol. The zero-order valence-corrected chi connectivity index (χ0v) is 15.2. The molecule has 0 heterocycles. The number of carbonyl (C=O) groups is 1. The number of rotatable bonds is 13. The fourth-order valence-corrected chi connectivity index (χ4v) is 2.96. The van der Waals surface area contributed by atoms with Crippen molar-refractivity contribution in [2.75, 3.05) is 0 Å². The summed E-state index contributed by atoms with van der Waals surface area (Å²) >= 11 is 0. The zero-order chi connectivity index (χ0) is 16.8. The molecule has 0 aromatic heterocycles. The van der Waals surface area contributed by atoms with Crippen molar-refractivity contribution >= 4 is 5.91 Å². The third-order valence-electron chi connectivity index (χ3n) is 4.30. The van der Waals surface area contributed by atoms with E-state index in [2.05, 4.69) is 31.3 Å². The normalized spacial score (nSPS) is 12.1. The molecule has 0 spiro atoms. The van der Waals surface area contributed by atoms with Crippen molar-refractivity contribution in [1.29, 1.82) is 0 Å². The molecular formula is C21H35NO. The van der Waals surface area contributed by atoms with E-state index < -0.39 is 0 Å². The summed E-state index contributed by atoms with van der Waals surface area (Å²) in [5.74, 6) is 0.205. The Morgan fingerprint density at radius 1 is 0.913 bits per heavy atom. The van der Waals surface area contributed by atoms with E-state index in [1.807, 2.05) is 18.2 Å². The van der Waals surface area contributed by atoms with Crippen molar-refractivity contribution < 1.29 is 4.79 Å². The van der Waals surface area contributed by atoms with Crippen LogP contribution in [0.25, 0.3) is 0 Å². The van der Waals surface area contributed by atoms with Crippen molar-refractivity contribution in [2.45, 2.75) is 90.5 Å². The van der Waals surface area contributed by atoms with E-state index >= 15 is 0 Å². The molecule has 0 fully saturated rings. The number of hydrogen-bond acceptors (Lipinski definition) is 1. The molecule has 0 bridgehead atoms. The van der Waals surface area contributed by atoms with Gasteiger partial charge in [-0.2, -0.15) is 0 Å². The molecule has 0 unspecified atom stereocenters. The van der Waals surface area contributed by atoms with Gasteiger partial charge in [-0.15, -0.1) is 0 Å². The molecule has 130 valence electrons. The van der Waals surface area contributed by atoms with Crippen molar-refractivity contribution in [2.24, 2.45) is 0 Å². The number of amides is 1. The number of carbonyl (C=O) groups excluding carboxylic acids is 1. The molecule has 1 atom stereocenters. The summed E-state index contributed by atoms with van der Waals surface area (Å²) < 4.78 is 0. The van der Waals surface area contributed by atoms with Crippen LogP contribution in [-0.2, 0) is 11.2 Å². The second-order valence-electron chi connectivity index (χ2n) is 6.74. The Morgan fingerprint density at radius 3 is 2.09 bits per heavy atom. The first-order valence-corrected chi connectivity index (χ1v) is 9.55. The summed E-state index contributed by atoms with van der Waals surface area (Å²) in [6.07, 6.45) is 13.2. The Labute approximate surface area is 143 Å². The van der Waals surface area contributed by atoms with Gasteiger partial charge in [0.1, 0.15) is 0 Å². The maximum atomic E-state index is 11.9. The van der Waals surface area contributed by atoms with Gasteiger partial charge < -0.3 is 5.32 Å². The molecule has 0 radical (unpaired) electrons. The van der Waals surface area contributed by atoms with Gasteiger partial charge in [0.05, 0.1) is 0 Å². The second-order valence-corrected chi connectivity index (χ2v) is 6.74. The monoisotopic (exact) mass is 317 g/mol. The molecule has 1 rings (SSSR count). The minimum absolute atomic E-state index is 0.205. The molecule has 0 aliphatic rings. The van der Waals surface area contributed by atoms with Crippen molar-refractivity contribution in [1.82, 2.24) is 5.32 Å². The van der Waals surface area contributed by atoms with E-state index in [1.165, 1.54) is 56.9 Å². The minimum Gasteiger partial charge on any atom is -0.353 e. The first-order chi connectivity index (χ1) is 11.2. The number of benzene rings is 1. The van der Waals surface area contributed by atoms with Gasteiger partial charge in [-0.05, 0) is 25.3 Å². The van der Waals surface area contributed by atoms with Crippen molar-refractivity contribution in [3.05, 3.63) is 35.9 Å². The Morgan fingerprint density at radius 2 is 1.48 bits per heavy atom. The summed E-state index contributed by atoms with van der Waals surface area (Å²) in [5, 5.41) is 3.11. The molecule has 2 heteroatoms. The highest BCUT2D eigenvalue weighted by Gasteiger charge is 2.07. The molecule has 2 nitrogen and oxygen atoms in total. The fraction of sp³-hybridized carbons (Fsp3) is 0.667. The Hall–Kier alpha value is -1.31. The Kier molecular flexibility index (Phi) is 11.3. The van der Waals surface area contributed by atoms with Crippen LogP contribution >= 0.6 is 0 Å². The molecule has 0 saturated carbocycles. The molecule has 0 saturated heterocycles. The van der Waals surface area contributed by atoms with Gasteiger partial charge in [0, 0.05) is 12.5 Å². The van der Waals surface area contributed by atoms with Gasteiger partial charge in [-0.1, -0.05) is 88.6 Å².